The second-order valence-electron chi connectivity index (χ2n) is 7.79. The molecule has 0 unspecified atom stereocenters. The summed E-state index contributed by atoms with van der Waals surface area (Å²) in [6.45, 7) is 0. The van der Waals surface area contributed by atoms with E-state index in [1.807, 2.05) is 60.7 Å². The maximum Gasteiger partial charge on any atom is 0.0867 e. The van der Waals surface area contributed by atoms with E-state index in [1.54, 1.807) is 0 Å². The summed E-state index contributed by atoms with van der Waals surface area (Å²) in [4.78, 5) is 4.96. The Hall–Kier alpha value is -2.86. The molecule has 0 bridgehead atoms. The monoisotopic (exact) mass is 428 g/mol. The number of nitriles is 1. The molecule has 0 spiro atoms. The lowest BCUT2D eigenvalue weighted by Crippen LogP contribution is -2.33. The molecule has 146 valence electrons. The minimum Gasteiger partial charge on any atom is -0.253 e. The lowest BCUT2D eigenvalue weighted by atomic mass is 9.68. The first-order valence-corrected chi connectivity index (χ1v) is 10.7. The van der Waals surface area contributed by atoms with E-state index in [-0.39, 0.29) is 0 Å². The van der Waals surface area contributed by atoms with Gasteiger partial charge in [0.2, 0.25) is 0 Å². The Kier molecular flexibility index (Phi) is 4.74. The molecule has 0 fully saturated rings. The third kappa shape index (κ3) is 3.06. The third-order valence-electron chi connectivity index (χ3n) is 6.08. The summed E-state index contributed by atoms with van der Waals surface area (Å²) in [6, 6.07) is 26.3. The molecular weight excluding hydrogens is 411 g/mol. The zero-order valence-corrected chi connectivity index (χ0v) is 17.7. The third-order valence-corrected chi connectivity index (χ3v) is 6.65. The van der Waals surface area contributed by atoms with Crippen LogP contribution in [0.2, 0.25) is 10.0 Å². The fourth-order valence-electron chi connectivity index (χ4n) is 4.58. The van der Waals surface area contributed by atoms with Crippen molar-refractivity contribution in [1.29, 1.82) is 5.26 Å². The van der Waals surface area contributed by atoms with Gasteiger partial charge in [-0.15, -0.1) is 0 Å². The Morgan fingerprint density at radius 2 is 1.70 bits per heavy atom. The average molecular weight is 429 g/mol. The minimum atomic E-state index is -0.585. The molecule has 5 rings (SSSR count). The number of hydrogen-bond donors (Lipinski definition) is 0. The van der Waals surface area contributed by atoms with Crippen molar-refractivity contribution in [1.82, 2.24) is 4.98 Å². The van der Waals surface area contributed by atoms with Gasteiger partial charge in [-0.2, -0.15) is 5.26 Å². The van der Waals surface area contributed by atoms with Crippen LogP contribution in [0.4, 0.5) is 0 Å². The summed E-state index contributed by atoms with van der Waals surface area (Å²) in [6.07, 6.45) is 2.08. The molecule has 4 heteroatoms. The molecule has 2 nitrogen and oxygen atoms in total. The van der Waals surface area contributed by atoms with Gasteiger partial charge in [-0.05, 0) is 60.2 Å². The Labute approximate surface area is 185 Å². The van der Waals surface area contributed by atoms with Crippen molar-refractivity contribution in [3.8, 4) is 17.2 Å². The van der Waals surface area contributed by atoms with Crippen molar-refractivity contribution in [2.45, 2.75) is 24.7 Å². The van der Waals surface area contributed by atoms with E-state index in [4.69, 9.17) is 28.2 Å². The average Bonchev–Trinajstić information content (AvgIpc) is 2.78. The fourth-order valence-corrected chi connectivity index (χ4v) is 4.98. The first kappa shape index (κ1) is 19.1. The lowest BCUT2D eigenvalue weighted by Gasteiger charge is -2.34. The molecule has 0 N–H and O–H groups in total. The lowest BCUT2D eigenvalue weighted by molar-refractivity contribution is 0.468. The Morgan fingerprint density at radius 1 is 0.933 bits per heavy atom. The van der Waals surface area contributed by atoms with Gasteiger partial charge in [0.25, 0.3) is 0 Å². The molecule has 0 radical (unpaired) electrons. The molecule has 0 amide bonds. The second-order valence-corrected chi connectivity index (χ2v) is 8.63. The van der Waals surface area contributed by atoms with Crippen LogP contribution in [0.1, 0.15) is 23.2 Å². The molecule has 0 aliphatic heterocycles. The molecule has 0 saturated heterocycles. The van der Waals surface area contributed by atoms with Crippen molar-refractivity contribution in [2.24, 2.45) is 0 Å². The van der Waals surface area contributed by atoms with Crippen LogP contribution < -0.4 is 0 Å². The SMILES string of the molecule is N#C[C@]1(c2ccccc2)CCc2nc3ccc(Cl)cc3c(-c3ccccc3Cl)c2C1. The van der Waals surface area contributed by atoms with Gasteiger partial charge in [-0.3, -0.25) is 4.98 Å². The summed E-state index contributed by atoms with van der Waals surface area (Å²) >= 11 is 13.0. The number of rotatable bonds is 2. The highest BCUT2D eigenvalue weighted by molar-refractivity contribution is 6.34. The van der Waals surface area contributed by atoms with Crippen molar-refractivity contribution < 1.29 is 0 Å². The van der Waals surface area contributed by atoms with E-state index in [2.05, 4.69) is 18.2 Å². The number of halogens is 2. The number of hydrogen-bond acceptors (Lipinski definition) is 2. The molecule has 1 aliphatic carbocycles. The van der Waals surface area contributed by atoms with Crippen LogP contribution in [0.5, 0.6) is 0 Å². The van der Waals surface area contributed by atoms with E-state index < -0.39 is 5.41 Å². The highest BCUT2D eigenvalue weighted by atomic mass is 35.5. The zero-order valence-electron chi connectivity index (χ0n) is 16.2. The predicted octanol–water partition coefficient (Wildman–Crippen LogP) is 7.16. The van der Waals surface area contributed by atoms with Crippen LogP contribution in [-0.4, -0.2) is 4.98 Å². The minimum absolute atomic E-state index is 0.585. The van der Waals surface area contributed by atoms with Crippen LogP contribution in [0.15, 0.2) is 72.8 Å². The summed E-state index contributed by atoms with van der Waals surface area (Å²) in [5.74, 6) is 0. The zero-order chi connectivity index (χ0) is 20.7. The van der Waals surface area contributed by atoms with E-state index in [0.29, 0.717) is 16.5 Å². The van der Waals surface area contributed by atoms with Crippen LogP contribution in [0.25, 0.3) is 22.0 Å². The van der Waals surface area contributed by atoms with Gasteiger partial charge in [-0.1, -0.05) is 71.7 Å². The molecule has 4 aromatic rings. The Bertz CT molecular complexity index is 1310. The molecular formula is C26H18Cl2N2. The maximum absolute atomic E-state index is 10.3. The van der Waals surface area contributed by atoms with E-state index in [9.17, 15) is 5.26 Å². The van der Waals surface area contributed by atoms with Crippen molar-refractivity contribution in [3.05, 3.63) is 99.7 Å². The number of fused-ring (bicyclic) bond motifs is 2. The summed E-state index contributed by atoms with van der Waals surface area (Å²) in [5.41, 5.74) is 5.49. The first-order valence-electron chi connectivity index (χ1n) is 9.94. The van der Waals surface area contributed by atoms with Gasteiger partial charge < -0.3 is 0 Å². The predicted molar refractivity (Wildman–Crippen MR) is 123 cm³/mol. The highest BCUT2D eigenvalue weighted by Crippen LogP contribution is 2.45. The second kappa shape index (κ2) is 7.43. The number of aryl methyl sites for hydroxylation is 1. The summed E-state index contributed by atoms with van der Waals surface area (Å²) < 4.78 is 0. The van der Waals surface area contributed by atoms with E-state index >= 15 is 0 Å². The molecule has 1 heterocycles. The molecule has 1 atom stereocenters. The maximum atomic E-state index is 10.3. The van der Waals surface area contributed by atoms with Crippen LogP contribution in [-0.2, 0) is 18.3 Å². The van der Waals surface area contributed by atoms with Gasteiger partial charge in [-0.25, -0.2) is 0 Å². The van der Waals surface area contributed by atoms with Crippen LogP contribution >= 0.6 is 23.2 Å². The van der Waals surface area contributed by atoms with Gasteiger partial charge in [0, 0.05) is 26.7 Å². The number of aromatic nitrogens is 1. The number of benzene rings is 3. The topological polar surface area (TPSA) is 36.7 Å². The largest absolute Gasteiger partial charge is 0.253 e. The molecule has 1 aliphatic rings. The first-order chi connectivity index (χ1) is 14.6. The molecule has 30 heavy (non-hydrogen) atoms. The van der Waals surface area contributed by atoms with Crippen molar-refractivity contribution in [2.75, 3.05) is 0 Å². The van der Waals surface area contributed by atoms with Crippen molar-refractivity contribution >= 4 is 34.1 Å². The number of pyridine rings is 1. The van der Waals surface area contributed by atoms with Gasteiger partial charge in [0.1, 0.15) is 0 Å². The van der Waals surface area contributed by atoms with Crippen LogP contribution in [0.3, 0.4) is 0 Å². The summed E-state index contributed by atoms with van der Waals surface area (Å²) in [7, 11) is 0. The Balaban J connectivity index is 1.82. The smallest absolute Gasteiger partial charge is 0.0867 e. The van der Waals surface area contributed by atoms with E-state index in [0.717, 1.165) is 51.7 Å². The van der Waals surface area contributed by atoms with Crippen LogP contribution in [0, 0.1) is 11.3 Å². The normalized spacial score (nSPS) is 18.0. The van der Waals surface area contributed by atoms with Gasteiger partial charge >= 0.3 is 0 Å². The molecule has 1 aromatic heterocycles. The van der Waals surface area contributed by atoms with E-state index in [1.165, 1.54) is 0 Å². The number of nitrogens with zero attached hydrogens (tertiary/aromatic N) is 2. The van der Waals surface area contributed by atoms with Crippen molar-refractivity contribution in [3.63, 3.8) is 0 Å². The fraction of sp³-hybridized carbons (Fsp3) is 0.154. The Morgan fingerprint density at radius 3 is 2.47 bits per heavy atom. The quantitative estimate of drug-likeness (QED) is 0.339. The highest BCUT2D eigenvalue weighted by Gasteiger charge is 2.38. The summed E-state index contributed by atoms with van der Waals surface area (Å²) in [5, 5.41) is 12.6. The van der Waals surface area contributed by atoms with Gasteiger partial charge in [0.15, 0.2) is 0 Å². The molecule has 0 saturated carbocycles. The van der Waals surface area contributed by atoms with Gasteiger partial charge in [0.05, 0.1) is 17.0 Å². The molecule has 3 aromatic carbocycles. The standard InChI is InChI=1S/C26H18Cl2N2/c27-18-10-11-23-20(14-18)25(19-8-4-5-9-22(19)28)21-15-26(16-29,13-12-24(21)30-23)17-6-2-1-3-7-17/h1-11,14H,12-13,15H2/t26-/m0/s1.